The molecule has 0 aliphatic carbocycles. The molecule has 4 rings (SSSR count). The van der Waals surface area contributed by atoms with Gasteiger partial charge in [-0.25, -0.2) is 13.4 Å². The van der Waals surface area contributed by atoms with Crippen LogP contribution in [0.3, 0.4) is 0 Å². The highest BCUT2D eigenvalue weighted by Gasteiger charge is 2.34. The van der Waals surface area contributed by atoms with Crippen molar-refractivity contribution in [2.45, 2.75) is 31.7 Å². The Morgan fingerprint density at radius 3 is 2.52 bits per heavy atom. The Kier molecular flexibility index (Phi) is 6.50. The highest BCUT2D eigenvalue weighted by Crippen LogP contribution is 2.27. The van der Waals surface area contributed by atoms with Gasteiger partial charge in [0.2, 0.25) is 15.9 Å². The van der Waals surface area contributed by atoms with E-state index in [4.69, 9.17) is 0 Å². The van der Waals surface area contributed by atoms with Crippen LogP contribution < -0.4 is 5.32 Å². The Balaban J connectivity index is 1.42. The van der Waals surface area contributed by atoms with E-state index in [1.165, 1.54) is 26.8 Å². The summed E-state index contributed by atoms with van der Waals surface area (Å²) in [5.41, 5.74) is 4.25. The molecular formula is C23H25N3O3S2. The van der Waals surface area contributed by atoms with E-state index in [1.54, 1.807) is 0 Å². The van der Waals surface area contributed by atoms with Gasteiger partial charge in [0.05, 0.1) is 11.9 Å². The van der Waals surface area contributed by atoms with Crippen molar-refractivity contribution in [3.05, 3.63) is 71.1 Å². The summed E-state index contributed by atoms with van der Waals surface area (Å²) in [4.78, 5) is 17.3. The third-order valence-corrected chi connectivity index (χ3v) is 7.46. The largest absolute Gasteiger partial charge is 0.301 e. The van der Waals surface area contributed by atoms with Gasteiger partial charge in [0, 0.05) is 17.5 Å². The predicted molar refractivity (Wildman–Crippen MR) is 125 cm³/mol. The Morgan fingerprint density at radius 2 is 1.81 bits per heavy atom. The monoisotopic (exact) mass is 455 g/mol. The summed E-state index contributed by atoms with van der Waals surface area (Å²) in [6.07, 6.45) is 4.17. The third kappa shape index (κ3) is 5.39. The van der Waals surface area contributed by atoms with E-state index in [0.29, 0.717) is 18.1 Å². The van der Waals surface area contributed by atoms with Crippen LogP contribution in [0.1, 0.15) is 30.4 Å². The van der Waals surface area contributed by atoms with E-state index in [9.17, 15) is 13.2 Å². The van der Waals surface area contributed by atoms with Gasteiger partial charge in [-0.3, -0.25) is 4.79 Å². The van der Waals surface area contributed by atoms with Crippen molar-refractivity contribution >= 4 is 32.4 Å². The molecule has 0 radical (unpaired) electrons. The Labute approximate surface area is 187 Å². The van der Waals surface area contributed by atoms with Gasteiger partial charge in [-0.1, -0.05) is 61.0 Å². The maximum Gasteiger partial charge on any atom is 0.244 e. The molecule has 1 atom stereocenters. The third-order valence-electron chi connectivity index (χ3n) is 5.42. The SMILES string of the molecule is CS(=O)(=O)N1CCCCC1C(=O)Nc1nc(-c2ccc(Cc3ccccc3)cc2)cs1. The van der Waals surface area contributed by atoms with E-state index >= 15 is 0 Å². The van der Waals surface area contributed by atoms with Gasteiger partial charge in [-0.2, -0.15) is 4.31 Å². The molecule has 1 fully saturated rings. The summed E-state index contributed by atoms with van der Waals surface area (Å²) in [5, 5.41) is 5.19. The van der Waals surface area contributed by atoms with E-state index in [0.717, 1.165) is 36.8 Å². The minimum absolute atomic E-state index is 0.316. The lowest BCUT2D eigenvalue weighted by molar-refractivity contribution is -0.120. The molecule has 1 N–H and O–H groups in total. The first-order valence-corrected chi connectivity index (χ1v) is 13.0. The van der Waals surface area contributed by atoms with Crippen LogP contribution in [0.4, 0.5) is 5.13 Å². The van der Waals surface area contributed by atoms with Crippen molar-refractivity contribution in [3.63, 3.8) is 0 Å². The first-order valence-electron chi connectivity index (χ1n) is 10.3. The molecule has 6 nitrogen and oxygen atoms in total. The molecule has 0 saturated carbocycles. The highest BCUT2D eigenvalue weighted by molar-refractivity contribution is 7.88. The van der Waals surface area contributed by atoms with Gasteiger partial charge in [0.15, 0.2) is 5.13 Å². The molecule has 0 bridgehead atoms. The number of thiazole rings is 1. The molecule has 1 aliphatic heterocycles. The number of nitrogens with one attached hydrogen (secondary N) is 1. The first kappa shape index (κ1) is 21.7. The average molecular weight is 456 g/mol. The van der Waals surface area contributed by atoms with Crippen LogP contribution in [0.2, 0.25) is 0 Å². The van der Waals surface area contributed by atoms with Gasteiger partial charge < -0.3 is 5.32 Å². The standard InChI is InChI=1S/C23H25N3O3S2/c1-31(28,29)26-14-6-5-9-21(26)22(27)25-23-24-20(16-30-23)19-12-10-18(11-13-19)15-17-7-3-2-4-8-17/h2-4,7-8,10-13,16,21H,5-6,9,14-15H2,1H3,(H,24,25,27). The van der Waals surface area contributed by atoms with E-state index in [2.05, 4.69) is 34.6 Å². The lowest BCUT2D eigenvalue weighted by atomic mass is 10.0. The quantitative estimate of drug-likeness (QED) is 0.605. The van der Waals surface area contributed by atoms with Crippen LogP contribution in [0, 0.1) is 0 Å². The number of sulfonamides is 1. The summed E-state index contributed by atoms with van der Waals surface area (Å²) < 4.78 is 25.3. The number of carbonyl (C=O) groups excluding carboxylic acids is 1. The summed E-state index contributed by atoms with van der Waals surface area (Å²) in [7, 11) is -3.42. The number of hydrogen-bond acceptors (Lipinski definition) is 5. The fourth-order valence-corrected chi connectivity index (χ4v) is 5.69. The molecule has 1 aromatic heterocycles. The highest BCUT2D eigenvalue weighted by atomic mass is 32.2. The molecule has 1 saturated heterocycles. The van der Waals surface area contributed by atoms with Crippen molar-refractivity contribution in [2.24, 2.45) is 0 Å². The number of amides is 1. The van der Waals surface area contributed by atoms with Crippen molar-refractivity contribution in [3.8, 4) is 11.3 Å². The van der Waals surface area contributed by atoms with Crippen molar-refractivity contribution in [2.75, 3.05) is 18.1 Å². The first-order chi connectivity index (χ1) is 14.9. The van der Waals surface area contributed by atoms with Crippen LogP contribution >= 0.6 is 11.3 Å². The molecule has 162 valence electrons. The van der Waals surface area contributed by atoms with Gasteiger partial charge in [0.1, 0.15) is 6.04 Å². The molecule has 0 spiro atoms. The van der Waals surface area contributed by atoms with Crippen LogP contribution in [0.5, 0.6) is 0 Å². The normalized spacial score (nSPS) is 17.4. The van der Waals surface area contributed by atoms with E-state index < -0.39 is 16.1 Å². The van der Waals surface area contributed by atoms with E-state index in [1.807, 2.05) is 35.7 Å². The second-order valence-electron chi connectivity index (χ2n) is 7.77. The van der Waals surface area contributed by atoms with Gasteiger partial charge >= 0.3 is 0 Å². The molecule has 8 heteroatoms. The Morgan fingerprint density at radius 1 is 1.10 bits per heavy atom. The number of aromatic nitrogens is 1. The van der Waals surface area contributed by atoms with Crippen molar-refractivity contribution in [1.82, 2.24) is 9.29 Å². The predicted octanol–water partition coefficient (Wildman–Crippen LogP) is 4.15. The van der Waals surface area contributed by atoms with Gasteiger partial charge in [-0.05, 0) is 30.4 Å². The molecule has 2 aromatic carbocycles. The molecule has 1 amide bonds. The number of rotatable bonds is 6. The summed E-state index contributed by atoms with van der Waals surface area (Å²) in [5.74, 6) is -0.316. The molecular weight excluding hydrogens is 430 g/mol. The zero-order chi connectivity index (χ0) is 21.8. The average Bonchev–Trinajstić information content (AvgIpc) is 3.23. The topological polar surface area (TPSA) is 79.4 Å². The number of piperidine rings is 1. The zero-order valence-corrected chi connectivity index (χ0v) is 19.0. The van der Waals surface area contributed by atoms with Crippen LogP contribution in [-0.4, -0.2) is 42.5 Å². The van der Waals surface area contributed by atoms with Crippen LogP contribution in [-0.2, 0) is 21.2 Å². The molecule has 2 heterocycles. The van der Waals surface area contributed by atoms with Crippen molar-refractivity contribution < 1.29 is 13.2 Å². The number of anilines is 1. The number of hydrogen-bond donors (Lipinski definition) is 1. The lowest BCUT2D eigenvalue weighted by Crippen LogP contribution is -2.49. The van der Waals surface area contributed by atoms with E-state index in [-0.39, 0.29) is 5.91 Å². The van der Waals surface area contributed by atoms with Gasteiger partial charge in [-0.15, -0.1) is 11.3 Å². The Hall–Kier alpha value is -2.55. The Bertz CT molecular complexity index is 1140. The number of nitrogens with zero attached hydrogens (tertiary/aromatic N) is 2. The molecule has 3 aromatic rings. The maximum absolute atomic E-state index is 12.7. The molecule has 1 aliphatic rings. The number of benzene rings is 2. The van der Waals surface area contributed by atoms with Crippen molar-refractivity contribution in [1.29, 1.82) is 0 Å². The maximum atomic E-state index is 12.7. The second kappa shape index (κ2) is 9.30. The minimum atomic E-state index is -3.42. The minimum Gasteiger partial charge on any atom is -0.301 e. The number of carbonyl (C=O) groups is 1. The van der Waals surface area contributed by atoms with Gasteiger partial charge in [0.25, 0.3) is 0 Å². The molecule has 1 unspecified atom stereocenters. The fourth-order valence-electron chi connectivity index (χ4n) is 3.84. The van der Waals surface area contributed by atoms with Crippen LogP contribution in [0.15, 0.2) is 60.0 Å². The lowest BCUT2D eigenvalue weighted by Gasteiger charge is -2.32. The van der Waals surface area contributed by atoms with Crippen LogP contribution in [0.25, 0.3) is 11.3 Å². The molecule has 31 heavy (non-hydrogen) atoms. The summed E-state index contributed by atoms with van der Waals surface area (Å²) in [6.45, 7) is 0.384. The summed E-state index contributed by atoms with van der Waals surface area (Å²) in [6, 6.07) is 17.9. The summed E-state index contributed by atoms with van der Waals surface area (Å²) >= 11 is 1.34. The smallest absolute Gasteiger partial charge is 0.244 e. The zero-order valence-electron chi connectivity index (χ0n) is 17.3. The fraction of sp³-hybridized carbons (Fsp3) is 0.304. The second-order valence-corrected chi connectivity index (χ2v) is 10.6.